The lowest BCUT2D eigenvalue weighted by Gasteiger charge is -2.09. The molecule has 0 aliphatic carbocycles. The number of carboxylic acid groups (broad SMARTS) is 1. The molecule has 2 N–H and O–H groups in total. The quantitative estimate of drug-likeness (QED) is 0.725. The molecule has 0 unspecified atom stereocenters. The Morgan fingerprint density at radius 1 is 1.16 bits per heavy atom. The van der Waals surface area contributed by atoms with Crippen LogP contribution in [0.4, 0.5) is 5.69 Å². The number of benzene rings is 2. The van der Waals surface area contributed by atoms with E-state index in [0.29, 0.717) is 11.6 Å². The number of nitrogens with zero attached hydrogens (tertiary/aromatic N) is 1. The molecular formula is C17H14N2O5S. The zero-order valence-corrected chi connectivity index (χ0v) is 13.9. The summed E-state index contributed by atoms with van der Waals surface area (Å²) in [7, 11) is -3.84. The molecule has 128 valence electrons. The summed E-state index contributed by atoms with van der Waals surface area (Å²) in [5.74, 6) is -0.611. The average Bonchev–Trinajstić information content (AvgIpc) is 3.01. The molecule has 3 rings (SSSR count). The first-order valence-corrected chi connectivity index (χ1v) is 8.72. The summed E-state index contributed by atoms with van der Waals surface area (Å²) in [5, 5.41) is 8.97. The smallest absolute Gasteiger partial charge is 0.335 e. The van der Waals surface area contributed by atoms with Crippen molar-refractivity contribution < 1.29 is 22.7 Å². The zero-order valence-electron chi connectivity index (χ0n) is 13.1. The van der Waals surface area contributed by atoms with Crippen molar-refractivity contribution in [2.45, 2.75) is 11.8 Å². The van der Waals surface area contributed by atoms with E-state index in [9.17, 15) is 13.2 Å². The van der Waals surface area contributed by atoms with E-state index in [2.05, 4.69) is 9.71 Å². The third kappa shape index (κ3) is 3.69. The predicted octanol–water partition coefficient (Wildman–Crippen LogP) is 3.15. The number of nitrogens with one attached hydrogen (secondary N) is 1. The van der Waals surface area contributed by atoms with Gasteiger partial charge in [0.15, 0.2) is 5.89 Å². The molecule has 3 aromatic rings. The van der Waals surface area contributed by atoms with Gasteiger partial charge in [-0.15, -0.1) is 0 Å². The van der Waals surface area contributed by atoms with E-state index in [1.165, 1.54) is 42.7 Å². The molecule has 1 heterocycles. The number of aromatic nitrogens is 1. The highest BCUT2D eigenvalue weighted by molar-refractivity contribution is 7.92. The van der Waals surface area contributed by atoms with Gasteiger partial charge < -0.3 is 9.52 Å². The summed E-state index contributed by atoms with van der Waals surface area (Å²) in [5.41, 5.74) is 1.51. The second-order valence-corrected chi connectivity index (χ2v) is 6.95. The molecule has 25 heavy (non-hydrogen) atoms. The van der Waals surface area contributed by atoms with Gasteiger partial charge in [-0.2, -0.15) is 0 Å². The molecule has 8 heteroatoms. The van der Waals surface area contributed by atoms with Gasteiger partial charge in [0.2, 0.25) is 0 Å². The molecule has 0 amide bonds. The van der Waals surface area contributed by atoms with Crippen molar-refractivity contribution in [2.24, 2.45) is 0 Å². The van der Waals surface area contributed by atoms with Crippen LogP contribution in [0.25, 0.3) is 11.3 Å². The SMILES string of the molecule is Cc1nc(-c2ccc(S(=O)(=O)Nc3cccc(C(=O)O)c3)cc2)co1. The number of carboxylic acids is 1. The van der Waals surface area contributed by atoms with E-state index in [4.69, 9.17) is 9.52 Å². The molecule has 1 aromatic heterocycles. The molecular weight excluding hydrogens is 344 g/mol. The molecule has 2 aromatic carbocycles. The van der Waals surface area contributed by atoms with E-state index >= 15 is 0 Å². The van der Waals surface area contributed by atoms with Crippen LogP contribution in [0.3, 0.4) is 0 Å². The van der Waals surface area contributed by atoms with Crippen molar-refractivity contribution >= 4 is 21.7 Å². The molecule has 0 radical (unpaired) electrons. The Labute approximate surface area is 144 Å². The molecule has 0 aliphatic heterocycles. The van der Waals surface area contributed by atoms with Crippen LogP contribution >= 0.6 is 0 Å². The Morgan fingerprint density at radius 3 is 2.48 bits per heavy atom. The van der Waals surface area contributed by atoms with Gasteiger partial charge in [-0.3, -0.25) is 4.72 Å². The molecule has 0 atom stereocenters. The minimum atomic E-state index is -3.84. The normalized spacial score (nSPS) is 11.2. The van der Waals surface area contributed by atoms with Crippen LogP contribution in [0, 0.1) is 6.92 Å². The number of rotatable bonds is 5. The van der Waals surface area contributed by atoms with Crippen LogP contribution in [0.1, 0.15) is 16.2 Å². The van der Waals surface area contributed by atoms with Crippen molar-refractivity contribution in [3.8, 4) is 11.3 Å². The van der Waals surface area contributed by atoms with Crippen molar-refractivity contribution in [1.82, 2.24) is 4.98 Å². The van der Waals surface area contributed by atoms with Gasteiger partial charge in [0.1, 0.15) is 12.0 Å². The van der Waals surface area contributed by atoms with Crippen molar-refractivity contribution in [3.63, 3.8) is 0 Å². The van der Waals surface area contributed by atoms with Gasteiger partial charge >= 0.3 is 5.97 Å². The van der Waals surface area contributed by atoms with E-state index in [0.717, 1.165) is 5.56 Å². The lowest BCUT2D eigenvalue weighted by molar-refractivity contribution is 0.0697. The molecule has 0 saturated carbocycles. The van der Waals surface area contributed by atoms with E-state index in [-0.39, 0.29) is 16.1 Å². The summed E-state index contributed by atoms with van der Waals surface area (Å²) < 4.78 is 32.4. The molecule has 7 nitrogen and oxygen atoms in total. The topological polar surface area (TPSA) is 110 Å². The van der Waals surface area contributed by atoms with Crippen molar-refractivity contribution in [1.29, 1.82) is 0 Å². The first-order valence-electron chi connectivity index (χ1n) is 7.24. The van der Waals surface area contributed by atoms with Crippen LogP contribution in [-0.4, -0.2) is 24.5 Å². The van der Waals surface area contributed by atoms with Crippen LogP contribution in [0.5, 0.6) is 0 Å². The number of anilines is 1. The molecule has 0 aliphatic rings. The maximum Gasteiger partial charge on any atom is 0.335 e. The summed E-state index contributed by atoms with van der Waals surface area (Å²) in [6, 6.07) is 11.7. The van der Waals surface area contributed by atoms with Crippen molar-refractivity contribution in [3.05, 3.63) is 66.2 Å². The first kappa shape index (κ1) is 16.7. The van der Waals surface area contributed by atoms with Gasteiger partial charge in [-0.05, 0) is 30.3 Å². The fraction of sp³-hybridized carbons (Fsp3) is 0.0588. The Kier molecular flexibility index (Phi) is 4.28. The number of carbonyl (C=O) groups is 1. The molecule has 0 bridgehead atoms. The second kappa shape index (κ2) is 6.40. The number of hydrogen-bond donors (Lipinski definition) is 2. The Bertz CT molecular complexity index is 1020. The summed E-state index contributed by atoms with van der Waals surface area (Å²) >= 11 is 0. The largest absolute Gasteiger partial charge is 0.478 e. The Morgan fingerprint density at radius 2 is 1.88 bits per heavy atom. The van der Waals surface area contributed by atoms with E-state index in [1.54, 1.807) is 19.1 Å². The number of aryl methyl sites for hydroxylation is 1. The molecule has 0 fully saturated rings. The van der Waals surface area contributed by atoms with E-state index < -0.39 is 16.0 Å². The highest BCUT2D eigenvalue weighted by atomic mass is 32.2. The summed E-state index contributed by atoms with van der Waals surface area (Å²) in [4.78, 5) is 15.2. The number of hydrogen-bond acceptors (Lipinski definition) is 5. The molecule has 0 spiro atoms. The van der Waals surface area contributed by atoms with Gasteiger partial charge in [0.25, 0.3) is 10.0 Å². The lowest BCUT2D eigenvalue weighted by Crippen LogP contribution is -2.13. The predicted molar refractivity (Wildman–Crippen MR) is 90.9 cm³/mol. The highest BCUT2D eigenvalue weighted by Crippen LogP contribution is 2.22. The van der Waals surface area contributed by atoms with Crippen molar-refractivity contribution in [2.75, 3.05) is 4.72 Å². The first-order chi connectivity index (χ1) is 11.8. The van der Waals surface area contributed by atoms with Crippen LogP contribution < -0.4 is 4.72 Å². The highest BCUT2D eigenvalue weighted by Gasteiger charge is 2.15. The van der Waals surface area contributed by atoms with E-state index in [1.807, 2.05) is 0 Å². The Balaban J connectivity index is 1.85. The monoisotopic (exact) mass is 358 g/mol. The van der Waals surface area contributed by atoms with Crippen LogP contribution in [0.2, 0.25) is 0 Å². The minimum Gasteiger partial charge on any atom is -0.478 e. The minimum absolute atomic E-state index is 0.00282. The van der Waals surface area contributed by atoms with Gasteiger partial charge in [0.05, 0.1) is 10.5 Å². The average molecular weight is 358 g/mol. The van der Waals surface area contributed by atoms with Crippen LogP contribution in [0.15, 0.2) is 64.1 Å². The number of aromatic carboxylic acids is 1. The standard InChI is InChI=1S/C17H14N2O5S/c1-11-18-16(10-24-11)12-5-7-15(8-6-12)25(22,23)19-14-4-2-3-13(9-14)17(20)21/h2-10,19H,1H3,(H,20,21). The summed E-state index contributed by atoms with van der Waals surface area (Å²) in [6.07, 6.45) is 1.49. The fourth-order valence-electron chi connectivity index (χ4n) is 2.23. The molecule has 0 saturated heterocycles. The maximum absolute atomic E-state index is 12.4. The third-order valence-electron chi connectivity index (χ3n) is 3.44. The maximum atomic E-state index is 12.4. The summed E-state index contributed by atoms with van der Waals surface area (Å²) in [6.45, 7) is 1.72. The number of oxazole rings is 1. The fourth-order valence-corrected chi connectivity index (χ4v) is 3.28. The number of sulfonamides is 1. The lowest BCUT2D eigenvalue weighted by atomic mass is 10.2. The van der Waals surface area contributed by atoms with Gasteiger partial charge in [-0.1, -0.05) is 18.2 Å². The van der Waals surface area contributed by atoms with Gasteiger partial charge in [-0.25, -0.2) is 18.2 Å². The zero-order chi connectivity index (χ0) is 18.0. The Hall–Kier alpha value is -3.13. The second-order valence-electron chi connectivity index (χ2n) is 5.27. The third-order valence-corrected chi connectivity index (χ3v) is 4.84. The van der Waals surface area contributed by atoms with Gasteiger partial charge in [0, 0.05) is 18.2 Å². The van der Waals surface area contributed by atoms with Crippen LogP contribution in [-0.2, 0) is 10.0 Å².